The van der Waals surface area contributed by atoms with Crippen LogP contribution in [0.3, 0.4) is 0 Å². The van der Waals surface area contributed by atoms with Crippen LogP contribution in [-0.2, 0) is 9.31 Å². The van der Waals surface area contributed by atoms with Crippen LogP contribution in [0.1, 0.15) is 50.3 Å². The Morgan fingerprint density at radius 1 is 1.32 bits per heavy atom. The van der Waals surface area contributed by atoms with E-state index in [1.54, 1.807) is 6.20 Å². The Kier molecular flexibility index (Phi) is 2.89. The minimum Gasteiger partial charge on any atom is -0.399 e. The van der Waals surface area contributed by atoms with Crippen LogP contribution >= 0.6 is 11.3 Å². The summed E-state index contributed by atoms with van der Waals surface area (Å²) in [5, 5.41) is 0.590. The third kappa shape index (κ3) is 2.26. The van der Waals surface area contributed by atoms with Crippen LogP contribution in [-0.4, -0.2) is 29.1 Å². The van der Waals surface area contributed by atoms with E-state index in [4.69, 9.17) is 9.31 Å². The molecule has 1 aromatic heterocycles. The van der Waals surface area contributed by atoms with Crippen molar-refractivity contribution >= 4 is 29.0 Å². The Hall–Kier alpha value is -0.715. The van der Waals surface area contributed by atoms with E-state index >= 15 is 0 Å². The summed E-state index contributed by atoms with van der Waals surface area (Å²) in [5.41, 5.74) is -0.718. The average Bonchev–Trinajstić information content (AvgIpc) is 2.98. The Bertz CT molecular complexity index is 506. The van der Waals surface area contributed by atoms with Crippen molar-refractivity contribution in [2.75, 3.05) is 0 Å². The topological polar surface area (TPSA) is 48.4 Å². The number of nitrogens with zero attached hydrogens (tertiary/aromatic N) is 1. The SMILES string of the molecule is CC1(C)OB(c2cnc(C(=O)C3CC3)s2)OC1(C)C. The maximum Gasteiger partial charge on any atom is 0.507 e. The maximum absolute atomic E-state index is 12.0. The highest BCUT2D eigenvalue weighted by molar-refractivity contribution is 7.23. The van der Waals surface area contributed by atoms with Gasteiger partial charge in [0.15, 0.2) is 10.8 Å². The van der Waals surface area contributed by atoms with Crippen molar-refractivity contribution in [2.24, 2.45) is 5.92 Å². The van der Waals surface area contributed by atoms with Gasteiger partial charge in [0.2, 0.25) is 0 Å². The van der Waals surface area contributed by atoms with Gasteiger partial charge in [-0.15, -0.1) is 11.3 Å². The van der Waals surface area contributed by atoms with Gasteiger partial charge >= 0.3 is 7.12 Å². The van der Waals surface area contributed by atoms with Gasteiger partial charge in [0.05, 0.1) is 16.0 Å². The molecule has 1 aromatic rings. The molecular formula is C13H18BNO3S. The molecule has 0 aromatic carbocycles. The van der Waals surface area contributed by atoms with Crippen LogP contribution in [0.5, 0.6) is 0 Å². The van der Waals surface area contributed by atoms with Gasteiger partial charge in [-0.05, 0) is 40.5 Å². The van der Waals surface area contributed by atoms with Crippen molar-refractivity contribution in [1.82, 2.24) is 4.98 Å². The summed E-state index contributed by atoms with van der Waals surface area (Å²) in [6.45, 7) is 8.07. The minimum absolute atomic E-state index is 0.174. The van der Waals surface area contributed by atoms with Crippen LogP contribution in [0, 0.1) is 5.92 Å². The van der Waals surface area contributed by atoms with Crippen molar-refractivity contribution in [3.8, 4) is 0 Å². The number of hydrogen-bond donors (Lipinski definition) is 0. The second-order valence-electron chi connectivity index (χ2n) is 6.29. The Balaban J connectivity index is 1.79. The molecule has 0 spiro atoms. The molecular weight excluding hydrogens is 261 g/mol. The lowest BCUT2D eigenvalue weighted by molar-refractivity contribution is 0.00578. The van der Waals surface area contributed by atoms with E-state index in [9.17, 15) is 4.79 Å². The molecule has 6 heteroatoms. The molecule has 0 amide bonds. The quantitative estimate of drug-likeness (QED) is 0.627. The van der Waals surface area contributed by atoms with E-state index in [2.05, 4.69) is 4.98 Å². The number of aromatic nitrogens is 1. The molecule has 2 fully saturated rings. The molecule has 1 aliphatic heterocycles. The van der Waals surface area contributed by atoms with Crippen LogP contribution in [0.25, 0.3) is 0 Å². The van der Waals surface area contributed by atoms with Crippen molar-refractivity contribution in [3.63, 3.8) is 0 Å². The van der Waals surface area contributed by atoms with E-state index < -0.39 is 7.12 Å². The highest BCUT2D eigenvalue weighted by Gasteiger charge is 2.52. The number of hydrogen-bond acceptors (Lipinski definition) is 5. The maximum atomic E-state index is 12.0. The third-order valence-electron chi connectivity index (χ3n) is 4.17. The number of rotatable bonds is 3. The van der Waals surface area contributed by atoms with Crippen LogP contribution in [0.2, 0.25) is 0 Å². The molecule has 0 N–H and O–H groups in total. The lowest BCUT2D eigenvalue weighted by atomic mass is 9.89. The van der Waals surface area contributed by atoms with Crippen LogP contribution in [0.15, 0.2) is 6.20 Å². The first-order valence-electron chi connectivity index (χ1n) is 6.66. The number of carbonyl (C=O) groups excluding carboxylic acids is 1. The zero-order valence-corrected chi connectivity index (χ0v) is 12.5. The lowest BCUT2D eigenvalue weighted by Gasteiger charge is -2.32. The molecule has 0 bridgehead atoms. The molecule has 2 heterocycles. The van der Waals surface area contributed by atoms with Crippen molar-refractivity contribution < 1.29 is 14.1 Å². The molecule has 0 radical (unpaired) electrons. The van der Waals surface area contributed by atoms with E-state index in [0.29, 0.717) is 5.01 Å². The summed E-state index contributed by atoms with van der Waals surface area (Å²) < 4.78 is 12.8. The van der Waals surface area contributed by atoms with Gasteiger partial charge in [0.1, 0.15) is 0 Å². The van der Waals surface area contributed by atoms with E-state index in [-0.39, 0.29) is 22.9 Å². The first kappa shape index (κ1) is 13.3. The Morgan fingerprint density at radius 2 is 1.89 bits per heavy atom. The molecule has 1 aliphatic carbocycles. The minimum atomic E-state index is -0.414. The van der Waals surface area contributed by atoms with Gasteiger partial charge in [-0.1, -0.05) is 0 Å². The van der Waals surface area contributed by atoms with Crippen molar-refractivity contribution in [3.05, 3.63) is 11.2 Å². The summed E-state index contributed by atoms with van der Waals surface area (Å²) >= 11 is 1.40. The highest BCUT2D eigenvalue weighted by Crippen LogP contribution is 2.37. The molecule has 0 atom stereocenters. The summed E-state index contributed by atoms with van der Waals surface area (Å²) in [7, 11) is -0.414. The van der Waals surface area contributed by atoms with E-state index in [0.717, 1.165) is 17.6 Å². The molecule has 1 saturated heterocycles. The summed E-state index contributed by atoms with van der Waals surface area (Å²) in [6.07, 6.45) is 3.72. The van der Waals surface area contributed by atoms with Crippen LogP contribution in [0.4, 0.5) is 0 Å². The molecule has 19 heavy (non-hydrogen) atoms. The zero-order valence-electron chi connectivity index (χ0n) is 11.7. The molecule has 2 aliphatic rings. The number of carbonyl (C=O) groups is 1. The van der Waals surface area contributed by atoms with Gasteiger partial charge in [-0.25, -0.2) is 4.98 Å². The molecule has 4 nitrogen and oxygen atoms in total. The second-order valence-corrected chi connectivity index (χ2v) is 7.36. The van der Waals surface area contributed by atoms with Gasteiger partial charge in [-0.3, -0.25) is 4.79 Å². The Labute approximate surface area is 117 Å². The molecule has 1 saturated carbocycles. The first-order valence-corrected chi connectivity index (χ1v) is 7.47. The summed E-state index contributed by atoms with van der Waals surface area (Å²) in [5.74, 6) is 0.380. The van der Waals surface area contributed by atoms with Gasteiger partial charge in [0.25, 0.3) is 0 Å². The van der Waals surface area contributed by atoms with Gasteiger partial charge in [-0.2, -0.15) is 0 Å². The zero-order chi connectivity index (χ0) is 13.8. The first-order chi connectivity index (χ1) is 8.80. The largest absolute Gasteiger partial charge is 0.507 e. The van der Waals surface area contributed by atoms with Gasteiger partial charge in [0, 0.05) is 12.1 Å². The predicted octanol–water partition coefficient (Wildman–Crippen LogP) is 2.04. The fourth-order valence-corrected chi connectivity index (χ4v) is 2.88. The van der Waals surface area contributed by atoms with Gasteiger partial charge < -0.3 is 9.31 Å². The number of thiazole rings is 1. The average molecular weight is 279 g/mol. The molecule has 3 rings (SSSR count). The summed E-state index contributed by atoms with van der Waals surface area (Å²) in [4.78, 5) is 16.2. The normalized spacial score (nSPS) is 24.7. The Morgan fingerprint density at radius 3 is 2.42 bits per heavy atom. The van der Waals surface area contributed by atoms with Crippen molar-refractivity contribution in [1.29, 1.82) is 0 Å². The fourth-order valence-electron chi connectivity index (χ4n) is 1.99. The standard InChI is InChI=1S/C13H18BNO3S/c1-12(2)13(3,4)18-14(17-12)9-7-15-11(19-9)10(16)8-5-6-8/h7-8H,5-6H2,1-4H3. The lowest BCUT2D eigenvalue weighted by Crippen LogP contribution is -2.41. The van der Waals surface area contributed by atoms with Crippen molar-refractivity contribution in [2.45, 2.75) is 51.7 Å². The monoisotopic (exact) mass is 279 g/mol. The van der Waals surface area contributed by atoms with E-state index in [1.807, 2.05) is 27.7 Å². The highest BCUT2D eigenvalue weighted by atomic mass is 32.1. The van der Waals surface area contributed by atoms with Crippen LogP contribution < -0.4 is 4.78 Å². The number of Topliss-reactive ketones (excluding diaryl/α,β-unsaturated/α-hetero) is 1. The predicted molar refractivity (Wildman–Crippen MR) is 74.9 cm³/mol. The second kappa shape index (κ2) is 4.14. The van der Waals surface area contributed by atoms with E-state index in [1.165, 1.54) is 11.3 Å². The summed E-state index contributed by atoms with van der Waals surface area (Å²) in [6, 6.07) is 0. The smallest absolute Gasteiger partial charge is 0.399 e. The molecule has 102 valence electrons. The molecule has 0 unspecified atom stereocenters. The third-order valence-corrected chi connectivity index (χ3v) is 5.20. The number of ketones is 1. The fraction of sp³-hybridized carbons (Fsp3) is 0.692.